The maximum Gasteiger partial charge on any atom is 0.222 e. The van der Waals surface area contributed by atoms with Gasteiger partial charge < -0.3 is 9.64 Å². The van der Waals surface area contributed by atoms with Crippen molar-refractivity contribution in [1.82, 2.24) is 4.90 Å². The number of unbranched alkanes of at least 4 members (excludes halogenated alkanes) is 1. The molecule has 0 aliphatic carbocycles. The molecule has 1 heterocycles. The first-order chi connectivity index (χ1) is 6.75. The molecule has 1 aliphatic heterocycles. The molecule has 1 saturated heterocycles. The molecule has 1 rings (SSSR count). The Balaban J connectivity index is 2.21. The number of nitrogens with zero attached hydrogens (tertiary/aromatic N) is 1. The minimum Gasteiger partial charge on any atom is -0.379 e. The molecule has 0 saturated carbocycles. The number of halogens is 1. The Morgan fingerprint density at radius 3 is 2.93 bits per heavy atom. The van der Waals surface area contributed by atoms with Gasteiger partial charge in [-0.05, 0) is 19.3 Å². The van der Waals surface area contributed by atoms with Gasteiger partial charge in [0.15, 0.2) is 0 Å². The van der Waals surface area contributed by atoms with Crippen molar-refractivity contribution in [2.75, 3.05) is 25.6 Å². The van der Waals surface area contributed by atoms with Crippen molar-refractivity contribution in [2.45, 2.75) is 31.7 Å². The van der Waals surface area contributed by atoms with E-state index in [1.807, 2.05) is 11.9 Å². The lowest BCUT2D eigenvalue weighted by Gasteiger charge is -2.23. The lowest BCUT2D eigenvalue weighted by atomic mass is 10.2. The number of rotatable bonds is 5. The molecule has 1 atom stereocenters. The highest BCUT2D eigenvalue weighted by Crippen LogP contribution is 2.12. The number of likely N-dealkylation sites (N-methyl/N-ethyl adjacent to an activating group) is 1. The number of hydrogen-bond acceptors (Lipinski definition) is 2. The monoisotopic (exact) mass is 263 g/mol. The Bertz CT molecular complexity index is 181. The number of carbonyl (C=O) groups excluding carboxylic acids is 1. The van der Waals surface area contributed by atoms with Crippen LogP contribution in [0.3, 0.4) is 0 Å². The second kappa shape index (κ2) is 6.40. The lowest BCUT2D eigenvalue weighted by Crippen LogP contribution is -2.37. The third-order valence-corrected chi connectivity index (χ3v) is 3.18. The van der Waals surface area contributed by atoms with Crippen molar-refractivity contribution in [2.24, 2.45) is 0 Å². The third-order valence-electron chi connectivity index (χ3n) is 2.62. The molecule has 1 amide bonds. The second-order valence-corrected chi connectivity index (χ2v) is 4.46. The maximum absolute atomic E-state index is 11.7. The van der Waals surface area contributed by atoms with Crippen molar-refractivity contribution < 1.29 is 9.53 Å². The zero-order chi connectivity index (χ0) is 10.4. The van der Waals surface area contributed by atoms with Crippen molar-refractivity contribution in [1.29, 1.82) is 0 Å². The number of alkyl halides is 1. The SMILES string of the molecule is CN(C(=O)CCCCBr)C1CCOC1. The zero-order valence-electron chi connectivity index (χ0n) is 8.67. The Labute approximate surface area is 93.9 Å². The summed E-state index contributed by atoms with van der Waals surface area (Å²) >= 11 is 3.36. The molecule has 1 unspecified atom stereocenters. The molecule has 1 aliphatic rings. The van der Waals surface area contributed by atoms with Crippen LogP contribution < -0.4 is 0 Å². The standard InChI is InChI=1S/C10H18BrNO2/c1-12(9-5-7-14-8-9)10(13)4-2-3-6-11/h9H,2-8H2,1H3. The Kier molecular flexibility index (Phi) is 5.48. The van der Waals surface area contributed by atoms with Crippen molar-refractivity contribution in [3.05, 3.63) is 0 Å². The molecule has 4 heteroatoms. The van der Waals surface area contributed by atoms with Crippen molar-refractivity contribution in [3.63, 3.8) is 0 Å². The molecular weight excluding hydrogens is 246 g/mol. The summed E-state index contributed by atoms with van der Waals surface area (Å²) in [4.78, 5) is 13.5. The van der Waals surface area contributed by atoms with Gasteiger partial charge in [-0.15, -0.1) is 0 Å². The number of amides is 1. The summed E-state index contributed by atoms with van der Waals surface area (Å²) in [5, 5.41) is 0.983. The van der Waals surface area contributed by atoms with E-state index >= 15 is 0 Å². The van der Waals surface area contributed by atoms with Gasteiger partial charge in [-0.3, -0.25) is 4.79 Å². The Hall–Kier alpha value is -0.0900. The fourth-order valence-corrected chi connectivity index (χ4v) is 1.97. The molecule has 82 valence electrons. The Morgan fingerprint density at radius 2 is 2.36 bits per heavy atom. The van der Waals surface area contributed by atoms with Crippen molar-refractivity contribution in [3.8, 4) is 0 Å². The van der Waals surface area contributed by atoms with E-state index < -0.39 is 0 Å². The normalized spacial score (nSPS) is 21.1. The van der Waals surface area contributed by atoms with Gasteiger partial charge in [0.05, 0.1) is 12.6 Å². The highest BCUT2D eigenvalue weighted by molar-refractivity contribution is 9.09. The fraction of sp³-hybridized carbons (Fsp3) is 0.900. The topological polar surface area (TPSA) is 29.5 Å². The zero-order valence-corrected chi connectivity index (χ0v) is 10.3. The van der Waals surface area contributed by atoms with Gasteiger partial charge in [-0.2, -0.15) is 0 Å². The van der Waals surface area contributed by atoms with Gasteiger partial charge in [-0.25, -0.2) is 0 Å². The van der Waals surface area contributed by atoms with E-state index in [0.717, 1.165) is 31.2 Å². The van der Waals surface area contributed by atoms with Crippen LogP contribution in [0.25, 0.3) is 0 Å². The predicted octanol–water partition coefficient (Wildman–Crippen LogP) is 1.80. The van der Waals surface area contributed by atoms with Crippen LogP contribution in [-0.2, 0) is 9.53 Å². The minimum absolute atomic E-state index is 0.251. The van der Waals surface area contributed by atoms with Gasteiger partial charge in [-0.1, -0.05) is 15.9 Å². The molecule has 14 heavy (non-hydrogen) atoms. The number of carbonyl (C=O) groups is 1. The molecular formula is C10H18BrNO2. The average Bonchev–Trinajstić information content (AvgIpc) is 2.69. The van der Waals surface area contributed by atoms with Crippen LogP contribution in [0.4, 0.5) is 0 Å². The van der Waals surface area contributed by atoms with Crippen molar-refractivity contribution >= 4 is 21.8 Å². The van der Waals surface area contributed by atoms with Crippen LogP contribution in [0.2, 0.25) is 0 Å². The minimum atomic E-state index is 0.251. The molecule has 0 radical (unpaired) electrons. The quantitative estimate of drug-likeness (QED) is 0.559. The van der Waals surface area contributed by atoms with E-state index in [0.29, 0.717) is 19.1 Å². The summed E-state index contributed by atoms with van der Waals surface area (Å²) in [6.07, 6.45) is 3.70. The average molecular weight is 264 g/mol. The maximum atomic E-state index is 11.7. The van der Waals surface area contributed by atoms with E-state index in [4.69, 9.17) is 4.74 Å². The molecule has 0 N–H and O–H groups in total. The summed E-state index contributed by atoms with van der Waals surface area (Å²) in [5.74, 6) is 0.251. The predicted molar refractivity (Wildman–Crippen MR) is 59.6 cm³/mol. The van der Waals surface area contributed by atoms with Gasteiger partial charge in [0.25, 0.3) is 0 Å². The lowest BCUT2D eigenvalue weighted by molar-refractivity contribution is -0.132. The number of ether oxygens (including phenoxy) is 1. The summed E-state index contributed by atoms with van der Waals surface area (Å²) in [6.45, 7) is 1.50. The van der Waals surface area contributed by atoms with Crippen LogP contribution >= 0.6 is 15.9 Å². The molecule has 0 aromatic rings. The van der Waals surface area contributed by atoms with E-state index in [-0.39, 0.29) is 5.91 Å². The Morgan fingerprint density at radius 1 is 1.57 bits per heavy atom. The fourth-order valence-electron chi connectivity index (χ4n) is 1.58. The van der Waals surface area contributed by atoms with Crippen LogP contribution in [-0.4, -0.2) is 42.4 Å². The second-order valence-electron chi connectivity index (χ2n) is 3.67. The molecule has 0 aromatic heterocycles. The molecule has 0 bridgehead atoms. The molecule has 0 spiro atoms. The summed E-state index contributed by atoms with van der Waals surface area (Å²) in [6, 6.07) is 0.312. The van der Waals surface area contributed by atoms with E-state index in [1.54, 1.807) is 0 Å². The van der Waals surface area contributed by atoms with Crippen LogP contribution in [0, 0.1) is 0 Å². The van der Waals surface area contributed by atoms with Gasteiger partial charge in [0.1, 0.15) is 0 Å². The smallest absolute Gasteiger partial charge is 0.222 e. The molecule has 0 aromatic carbocycles. The largest absolute Gasteiger partial charge is 0.379 e. The van der Waals surface area contributed by atoms with Gasteiger partial charge in [0, 0.05) is 25.4 Å². The third kappa shape index (κ3) is 3.58. The first-order valence-electron chi connectivity index (χ1n) is 5.15. The summed E-state index contributed by atoms with van der Waals surface area (Å²) in [5.41, 5.74) is 0. The van der Waals surface area contributed by atoms with Gasteiger partial charge >= 0.3 is 0 Å². The van der Waals surface area contributed by atoms with E-state index in [2.05, 4.69) is 15.9 Å². The van der Waals surface area contributed by atoms with E-state index in [9.17, 15) is 4.79 Å². The first-order valence-corrected chi connectivity index (χ1v) is 6.27. The number of hydrogen-bond donors (Lipinski definition) is 0. The van der Waals surface area contributed by atoms with Crippen LogP contribution in [0.1, 0.15) is 25.7 Å². The van der Waals surface area contributed by atoms with Crippen LogP contribution in [0.15, 0.2) is 0 Å². The summed E-state index contributed by atoms with van der Waals surface area (Å²) in [7, 11) is 1.88. The molecule has 1 fully saturated rings. The highest BCUT2D eigenvalue weighted by atomic mass is 79.9. The summed E-state index contributed by atoms with van der Waals surface area (Å²) < 4.78 is 5.25. The van der Waals surface area contributed by atoms with E-state index in [1.165, 1.54) is 0 Å². The van der Waals surface area contributed by atoms with Crippen LogP contribution in [0.5, 0.6) is 0 Å². The molecule has 3 nitrogen and oxygen atoms in total. The first kappa shape index (κ1) is 12.0. The highest BCUT2D eigenvalue weighted by Gasteiger charge is 2.23. The van der Waals surface area contributed by atoms with Gasteiger partial charge in [0.2, 0.25) is 5.91 Å².